The molecule has 0 spiro atoms. The minimum absolute atomic E-state index is 0. The quantitative estimate of drug-likeness (QED) is 0.581. The molecule has 1 amide bonds. The van der Waals surface area contributed by atoms with Gasteiger partial charge >= 0.3 is 0 Å². The number of amides is 1. The molecule has 2 heterocycles. The zero-order valence-electron chi connectivity index (χ0n) is 16.4. The van der Waals surface area contributed by atoms with Crippen molar-refractivity contribution < 1.29 is 9.53 Å². The van der Waals surface area contributed by atoms with E-state index in [2.05, 4.69) is 5.10 Å². The first-order valence-electron chi connectivity index (χ1n) is 8.41. The highest BCUT2D eigenvalue weighted by Crippen LogP contribution is 2.34. The number of rotatable bonds is 6. The molecule has 3 aromatic rings. The van der Waals surface area contributed by atoms with Gasteiger partial charge < -0.3 is 9.64 Å². The Morgan fingerprint density at radius 1 is 1.32 bits per heavy atom. The lowest BCUT2D eigenvalue weighted by molar-refractivity contribution is 0.0982. The van der Waals surface area contributed by atoms with Gasteiger partial charge in [0.15, 0.2) is 5.13 Å². The minimum atomic E-state index is -0.190. The van der Waals surface area contributed by atoms with E-state index in [1.165, 1.54) is 18.4 Å². The Kier molecular flexibility index (Phi) is 7.28. The fraction of sp³-hybridized carbons (Fsp3) is 0.389. The maximum Gasteiger partial charge on any atom is 0.267 e. The van der Waals surface area contributed by atoms with Gasteiger partial charge in [0, 0.05) is 31.4 Å². The van der Waals surface area contributed by atoms with E-state index in [-0.39, 0.29) is 18.3 Å². The summed E-state index contributed by atoms with van der Waals surface area (Å²) in [7, 11) is 7.20. The third kappa shape index (κ3) is 4.57. The number of aryl methyl sites for hydroxylation is 2. The van der Waals surface area contributed by atoms with Crippen molar-refractivity contribution in [3.63, 3.8) is 0 Å². The van der Waals surface area contributed by atoms with Crippen LogP contribution in [0.1, 0.15) is 15.9 Å². The predicted octanol–water partition coefficient (Wildman–Crippen LogP) is 3.63. The molecule has 3 rings (SSSR count). The molecule has 7 nitrogen and oxygen atoms in total. The zero-order valence-corrected chi connectivity index (χ0v) is 18.8. The van der Waals surface area contributed by atoms with E-state index in [0.717, 1.165) is 15.8 Å². The average molecular weight is 444 g/mol. The van der Waals surface area contributed by atoms with Crippen LogP contribution in [0.5, 0.6) is 5.88 Å². The number of hydrogen-bond acceptors (Lipinski definition) is 6. The molecule has 0 saturated heterocycles. The van der Waals surface area contributed by atoms with Gasteiger partial charge in [0.05, 0.1) is 17.3 Å². The van der Waals surface area contributed by atoms with Gasteiger partial charge in [0.1, 0.15) is 5.56 Å². The molecule has 0 aliphatic heterocycles. The molecule has 0 bridgehead atoms. The summed E-state index contributed by atoms with van der Waals surface area (Å²) in [6, 6.07) is 3.76. The van der Waals surface area contributed by atoms with Crippen molar-refractivity contribution in [2.45, 2.75) is 6.92 Å². The van der Waals surface area contributed by atoms with Gasteiger partial charge in [0.25, 0.3) is 5.91 Å². The van der Waals surface area contributed by atoms with Crippen LogP contribution in [0.4, 0.5) is 5.13 Å². The van der Waals surface area contributed by atoms with E-state index in [0.29, 0.717) is 34.7 Å². The highest BCUT2D eigenvalue weighted by atomic mass is 35.5. The van der Waals surface area contributed by atoms with Crippen molar-refractivity contribution in [2.75, 3.05) is 39.2 Å². The standard InChI is InChI=1S/C18H22ClN5O2S.ClH/c1-11-8-12(19)9-14-15(11)20-18(27-14)24(7-6-22(2)3)17(25)13-10-23(4)21-16(13)26-5;/h8-10H,6-7H2,1-5H3;1H. The molecule has 2 aromatic heterocycles. The summed E-state index contributed by atoms with van der Waals surface area (Å²) in [6.07, 6.45) is 1.67. The van der Waals surface area contributed by atoms with Crippen LogP contribution < -0.4 is 9.64 Å². The normalized spacial score (nSPS) is 11.0. The van der Waals surface area contributed by atoms with Crippen LogP contribution in [0.15, 0.2) is 18.3 Å². The van der Waals surface area contributed by atoms with E-state index in [4.69, 9.17) is 21.3 Å². The number of carbonyl (C=O) groups excluding carboxylic acids is 1. The largest absolute Gasteiger partial charge is 0.479 e. The number of carbonyl (C=O) groups is 1. The maximum atomic E-state index is 13.3. The Balaban J connectivity index is 0.00000280. The van der Waals surface area contributed by atoms with Crippen molar-refractivity contribution >= 4 is 56.6 Å². The number of likely N-dealkylation sites (N-methyl/N-ethyl adjacent to an activating group) is 1. The van der Waals surface area contributed by atoms with Crippen LogP contribution in [-0.4, -0.2) is 59.9 Å². The fourth-order valence-electron chi connectivity index (χ4n) is 2.75. The number of methoxy groups -OCH3 is 1. The molecule has 0 fully saturated rings. The summed E-state index contributed by atoms with van der Waals surface area (Å²) < 4.78 is 7.79. The number of ether oxygens (including phenoxy) is 1. The lowest BCUT2D eigenvalue weighted by Gasteiger charge is -2.21. The Labute approximate surface area is 179 Å². The molecule has 0 radical (unpaired) electrons. The van der Waals surface area contributed by atoms with Crippen LogP contribution in [0.2, 0.25) is 5.02 Å². The van der Waals surface area contributed by atoms with Gasteiger partial charge in [-0.05, 0) is 38.7 Å². The average Bonchev–Trinajstić information content (AvgIpc) is 3.18. The van der Waals surface area contributed by atoms with Crippen LogP contribution in [0, 0.1) is 6.92 Å². The van der Waals surface area contributed by atoms with Crippen molar-refractivity contribution in [1.82, 2.24) is 19.7 Å². The summed E-state index contributed by atoms with van der Waals surface area (Å²) in [5.41, 5.74) is 2.26. The first-order chi connectivity index (χ1) is 12.8. The Bertz CT molecular complexity index is 986. The Morgan fingerprint density at radius 3 is 2.68 bits per heavy atom. The first kappa shape index (κ1) is 22.4. The van der Waals surface area contributed by atoms with Gasteiger partial charge in [-0.1, -0.05) is 22.9 Å². The highest BCUT2D eigenvalue weighted by Gasteiger charge is 2.26. The number of nitrogens with zero attached hydrogens (tertiary/aromatic N) is 5. The molecule has 0 atom stereocenters. The van der Waals surface area contributed by atoms with Crippen molar-refractivity contribution in [3.05, 3.63) is 34.5 Å². The summed E-state index contributed by atoms with van der Waals surface area (Å²) in [5, 5.41) is 5.49. The third-order valence-electron chi connectivity index (χ3n) is 4.10. The Morgan fingerprint density at radius 2 is 2.04 bits per heavy atom. The van der Waals surface area contributed by atoms with Crippen molar-refractivity contribution in [2.24, 2.45) is 7.05 Å². The predicted molar refractivity (Wildman–Crippen MR) is 117 cm³/mol. The van der Waals surface area contributed by atoms with Gasteiger partial charge in [-0.2, -0.15) is 0 Å². The fourth-order valence-corrected chi connectivity index (χ4v) is 4.20. The van der Waals surface area contributed by atoms with E-state index >= 15 is 0 Å². The van der Waals surface area contributed by atoms with E-state index < -0.39 is 0 Å². The van der Waals surface area contributed by atoms with Crippen molar-refractivity contribution in [3.8, 4) is 5.88 Å². The number of benzene rings is 1. The molecule has 1 aromatic carbocycles. The van der Waals surface area contributed by atoms with Gasteiger partial charge in [-0.3, -0.25) is 14.4 Å². The molecule has 152 valence electrons. The zero-order chi connectivity index (χ0) is 19.7. The minimum Gasteiger partial charge on any atom is -0.479 e. The number of thiazole rings is 1. The number of anilines is 1. The summed E-state index contributed by atoms with van der Waals surface area (Å²) in [5.74, 6) is 0.113. The molecule has 0 unspecified atom stereocenters. The van der Waals surface area contributed by atoms with Gasteiger partial charge in [-0.25, -0.2) is 4.98 Å². The van der Waals surface area contributed by atoms with Crippen LogP contribution in [0.3, 0.4) is 0 Å². The number of fused-ring (bicyclic) bond motifs is 1. The molecule has 0 saturated carbocycles. The lowest BCUT2D eigenvalue weighted by Crippen LogP contribution is -2.36. The molecule has 10 heteroatoms. The molecule has 0 N–H and O–H groups in total. The summed E-state index contributed by atoms with van der Waals surface area (Å²) in [4.78, 5) is 21.7. The Hall–Kier alpha value is -1.87. The summed E-state index contributed by atoms with van der Waals surface area (Å²) >= 11 is 7.63. The smallest absolute Gasteiger partial charge is 0.267 e. The van der Waals surface area contributed by atoms with E-state index in [1.807, 2.05) is 38.1 Å². The third-order valence-corrected chi connectivity index (χ3v) is 5.35. The lowest BCUT2D eigenvalue weighted by atomic mass is 10.2. The molecule has 0 aliphatic carbocycles. The molecule has 0 aliphatic rings. The monoisotopic (exact) mass is 443 g/mol. The number of hydrogen-bond donors (Lipinski definition) is 0. The van der Waals surface area contributed by atoms with E-state index in [1.54, 1.807) is 22.8 Å². The first-order valence-corrected chi connectivity index (χ1v) is 9.60. The molecule has 28 heavy (non-hydrogen) atoms. The summed E-state index contributed by atoms with van der Waals surface area (Å²) in [6.45, 7) is 3.16. The highest BCUT2D eigenvalue weighted by molar-refractivity contribution is 7.22. The second-order valence-electron chi connectivity index (χ2n) is 6.55. The molecular weight excluding hydrogens is 421 g/mol. The van der Waals surface area contributed by atoms with Crippen LogP contribution in [-0.2, 0) is 7.05 Å². The number of halogens is 2. The van der Waals surface area contributed by atoms with Crippen molar-refractivity contribution in [1.29, 1.82) is 0 Å². The van der Waals surface area contributed by atoms with Crippen LogP contribution >= 0.6 is 35.3 Å². The van der Waals surface area contributed by atoms with Gasteiger partial charge in [0.2, 0.25) is 5.88 Å². The molecular formula is C18H23Cl2N5O2S. The second kappa shape index (κ2) is 9.09. The van der Waals surface area contributed by atoms with Crippen LogP contribution in [0.25, 0.3) is 10.2 Å². The van der Waals surface area contributed by atoms with Gasteiger partial charge in [-0.15, -0.1) is 17.5 Å². The topological polar surface area (TPSA) is 63.5 Å². The maximum absolute atomic E-state index is 13.3. The number of aromatic nitrogens is 3. The van der Waals surface area contributed by atoms with E-state index in [9.17, 15) is 4.79 Å². The SMILES string of the molecule is COc1nn(C)cc1C(=O)N(CCN(C)C)c1nc2c(C)cc(Cl)cc2s1.Cl. The second-order valence-corrected chi connectivity index (χ2v) is 8.00.